The van der Waals surface area contributed by atoms with Crippen molar-refractivity contribution in [1.82, 2.24) is 5.32 Å². The number of nitrogens with one attached hydrogen (secondary N) is 1. The van der Waals surface area contributed by atoms with Crippen molar-refractivity contribution in [2.24, 2.45) is 0 Å². The van der Waals surface area contributed by atoms with E-state index in [0.717, 1.165) is 33.4 Å². The molecule has 3 aromatic rings. The molecule has 2 aromatic carbocycles. The van der Waals surface area contributed by atoms with Gasteiger partial charge < -0.3 is 37.4 Å². The van der Waals surface area contributed by atoms with Gasteiger partial charge in [-0.05, 0) is 69.7 Å². The van der Waals surface area contributed by atoms with Crippen LogP contribution in [0.2, 0.25) is 0 Å². The fourth-order valence-electron chi connectivity index (χ4n) is 5.71. The smallest absolute Gasteiger partial charge is 0.387 e. The summed E-state index contributed by atoms with van der Waals surface area (Å²) in [5, 5.41) is 5.26. The van der Waals surface area contributed by atoms with Gasteiger partial charge >= 0.3 is 8.24 Å². The Morgan fingerprint density at radius 3 is 1.70 bits per heavy atom. The molecule has 0 amide bonds. The van der Waals surface area contributed by atoms with Gasteiger partial charge in [-0.15, -0.1) is 0 Å². The van der Waals surface area contributed by atoms with E-state index >= 15 is 0 Å². The third kappa shape index (κ3) is 6.79. The van der Waals surface area contributed by atoms with Crippen LogP contribution >= 0.6 is 8.24 Å². The summed E-state index contributed by atoms with van der Waals surface area (Å²) in [6.45, 7) is 23.6. The topological polar surface area (TPSA) is 93.7 Å². The van der Waals surface area contributed by atoms with Gasteiger partial charge in [0, 0.05) is 34.0 Å². The third-order valence-corrected chi connectivity index (χ3v) is 9.04. The second-order valence-corrected chi connectivity index (χ2v) is 16.4. The maximum Gasteiger partial charge on any atom is 0.387 e. The molecule has 4 atom stereocenters. The van der Waals surface area contributed by atoms with Gasteiger partial charge in [0.15, 0.2) is 12.1 Å². The minimum absolute atomic E-state index is 0.119. The maximum absolute atomic E-state index is 6.87. The van der Waals surface area contributed by atoms with Crippen LogP contribution in [0.3, 0.4) is 0 Å². The van der Waals surface area contributed by atoms with Crippen molar-refractivity contribution in [3.63, 3.8) is 0 Å². The predicted octanol–water partition coefficient (Wildman–Crippen LogP) is 7.96. The Bertz CT molecular complexity index is 1480. The lowest BCUT2D eigenvalue weighted by molar-refractivity contribution is -0.211. The molecule has 10 heteroatoms. The lowest BCUT2D eigenvalue weighted by Gasteiger charge is -2.28. The summed E-state index contributed by atoms with van der Waals surface area (Å²) in [5.74, 6) is 0.660. The predicted molar refractivity (Wildman–Crippen MR) is 174 cm³/mol. The number of benzene rings is 2. The largest absolute Gasteiger partial charge is 0.497 e. The molecule has 2 fully saturated rings. The molecule has 2 saturated heterocycles. The quantitative estimate of drug-likeness (QED) is 0.291. The van der Waals surface area contributed by atoms with Gasteiger partial charge in [0.05, 0.1) is 14.2 Å². The number of hydrogen-bond donors (Lipinski definition) is 1. The first kappa shape index (κ1) is 33.1. The molecule has 1 aromatic heterocycles. The molecule has 0 spiro atoms. The number of fused-ring (bicyclic) bond motifs is 4. The number of methoxy groups -OCH3 is 2. The summed E-state index contributed by atoms with van der Waals surface area (Å²) < 4.78 is 51.0. The van der Waals surface area contributed by atoms with Crippen LogP contribution in [-0.2, 0) is 25.0 Å². The molecule has 2 aliphatic rings. The highest BCUT2D eigenvalue weighted by Crippen LogP contribution is 2.47. The fourth-order valence-corrected chi connectivity index (χ4v) is 6.98. The first-order valence-corrected chi connectivity index (χ1v) is 16.4. The molecule has 2 aliphatic heterocycles. The molecule has 0 radical (unpaired) electrons. The van der Waals surface area contributed by atoms with E-state index < -0.39 is 32.5 Å². The number of ether oxygens (including phenoxy) is 5. The second-order valence-electron chi connectivity index (χ2n) is 15.4. The zero-order valence-corrected chi connectivity index (χ0v) is 29.4. The Balaban J connectivity index is 1.78. The van der Waals surface area contributed by atoms with Gasteiger partial charge in [0.2, 0.25) is 0 Å². The summed E-state index contributed by atoms with van der Waals surface area (Å²) in [4.78, 5) is 0. The average molecular weight is 632 g/mol. The van der Waals surface area contributed by atoms with Crippen molar-refractivity contribution >= 4 is 30.2 Å². The lowest BCUT2D eigenvalue weighted by Crippen LogP contribution is -2.47. The summed E-state index contributed by atoms with van der Waals surface area (Å²) in [6.07, 6.45) is -1.88. The van der Waals surface area contributed by atoms with Gasteiger partial charge in [-0.2, -0.15) is 0 Å². The van der Waals surface area contributed by atoms with Crippen LogP contribution in [0.4, 0.5) is 0 Å². The van der Waals surface area contributed by atoms with Gasteiger partial charge in [-0.1, -0.05) is 41.5 Å². The molecule has 5 rings (SSSR count). The van der Waals surface area contributed by atoms with Crippen LogP contribution < -0.4 is 19.3 Å². The minimum Gasteiger partial charge on any atom is -0.497 e. The van der Waals surface area contributed by atoms with Crippen LogP contribution in [0.25, 0.3) is 21.9 Å². The van der Waals surface area contributed by atoms with Crippen LogP contribution in [-0.4, -0.2) is 56.7 Å². The van der Waals surface area contributed by atoms with E-state index in [-0.39, 0.29) is 22.5 Å². The van der Waals surface area contributed by atoms with Crippen molar-refractivity contribution < 1.29 is 36.6 Å². The maximum atomic E-state index is 6.87. The first-order valence-electron chi connectivity index (χ1n) is 15.3. The fraction of sp³-hybridized carbons (Fsp3) is 0.647. The summed E-state index contributed by atoms with van der Waals surface area (Å²) in [5.41, 5.74) is 2.68. The molecule has 244 valence electrons. The van der Waals surface area contributed by atoms with Gasteiger partial charge in [0.1, 0.15) is 41.0 Å². The normalized spacial score (nSPS) is 23.8. The highest BCUT2D eigenvalue weighted by Gasteiger charge is 2.56. The van der Waals surface area contributed by atoms with Gasteiger partial charge in [-0.25, -0.2) is 0 Å². The highest BCUT2D eigenvalue weighted by atomic mass is 31.1. The Morgan fingerprint density at radius 1 is 0.773 bits per heavy atom. The van der Waals surface area contributed by atoms with Gasteiger partial charge in [0.25, 0.3) is 0 Å². The van der Waals surface area contributed by atoms with E-state index in [2.05, 4.69) is 67.6 Å². The van der Waals surface area contributed by atoms with Crippen molar-refractivity contribution in [2.45, 2.75) is 123 Å². The van der Waals surface area contributed by atoms with Crippen molar-refractivity contribution in [3.05, 3.63) is 35.4 Å². The molecule has 0 aliphatic carbocycles. The Kier molecular flexibility index (Phi) is 8.67. The highest BCUT2D eigenvalue weighted by molar-refractivity contribution is 7.31. The molecule has 9 nitrogen and oxygen atoms in total. The molecular formula is C34H50NO8P. The third-order valence-electron chi connectivity index (χ3n) is 7.96. The van der Waals surface area contributed by atoms with Crippen molar-refractivity contribution in [3.8, 4) is 11.5 Å². The summed E-state index contributed by atoms with van der Waals surface area (Å²) >= 11 is 0. The van der Waals surface area contributed by atoms with Gasteiger partial charge in [-0.3, -0.25) is 4.52 Å². The Morgan fingerprint density at radius 2 is 1.27 bits per heavy atom. The number of rotatable bonds is 6. The minimum atomic E-state index is -1.98. The SMILES string of the molecule is COc1cc(C(C)(C)C)c2op(O[C@@H]3[C@H]4OC(C)(C)O[C@H]4O[C@@H]3CNC(C)(C)C)oc3c(C(C)(C)C)cc(OC)cc3c2c1. The van der Waals surface area contributed by atoms with Crippen LogP contribution in [0.1, 0.15) is 87.3 Å². The average Bonchev–Trinajstić information content (AvgIpc) is 3.30. The van der Waals surface area contributed by atoms with E-state index in [1.165, 1.54) is 0 Å². The lowest BCUT2D eigenvalue weighted by atomic mass is 9.84. The van der Waals surface area contributed by atoms with E-state index in [4.69, 9.17) is 36.6 Å². The molecule has 1 N–H and O–H groups in total. The summed E-state index contributed by atoms with van der Waals surface area (Å²) in [6, 6.07) is 8.06. The van der Waals surface area contributed by atoms with Crippen molar-refractivity contribution in [1.29, 1.82) is 0 Å². The van der Waals surface area contributed by atoms with Crippen molar-refractivity contribution in [2.75, 3.05) is 20.8 Å². The van der Waals surface area contributed by atoms with Crippen LogP contribution in [0.5, 0.6) is 11.5 Å². The Hall–Kier alpha value is -2.26. The molecule has 0 bridgehead atoms. The second kappa shape index (κ2) is 11.5. The van der Waals surface area contributed by atoms with E-state index in [1.807, 2.05) is 38.1 Å². The Labute approximate surface area is 262 Å². The van der Waals surface area contributed by atoms with Crippen LogP contribution in [0.15, 0.2) is 32.7 Å². The molecule has 0 unspecified atom stereocenters. The zero-order chi connectivity index (χ0) is 32.4. The van der Waals surface area contributed by atoms with E-state index in [0.29, 0.717) is 17.7 Å². The molecule has 44 heavy (non-hydrogen) atoms. The van der Waals surface area contributed by atoms with E-state index in [9.17, 15) is 0 Å². The standard InChI is InChI=1S/C34H50NO8P/c1-31(2,3)23-16-19(36-12)14-21-22-15-20(37-13)17-24(32(4,5)6)27(22)42-44(41-26(21)23)43-28-25(18-35-33(7,8)9)38-30-29(28)39-34(10,11)40-30/h14-17,25,28-30,35H,18H2,1-13H3/t25-,28+,29-,30-/m1/s1. The first-order chi connectivity index (χ1) is 20.3. The molecule has 0 saturated carbocycles. The zero-order valence-electron chi connectivity index (χ0n) is 28.5. The van der Waals surface area contributed by atoms with E-state index in [1.54, 1.807) is 14.2 Å². The molecule has 3 heterocycles. The monoisotopic (exact) mass is 631 g/mol. The van der Waals surface area contributed by atoms with Crippen LogP contribution in [0, 0.1) is 0 Å². The summed E-state index contributed by atoms with van der Waals surface area (Å²) in [7, 11) is 1.38. The molecular weight excluding hydrogens is 581 g/mol. The number of hydrogen-bond acceptors (Lipinski definition) is 9.